The molecular formula is C17H25N3O. The van der Waals surface area contributed by atoms with E-state index in [1.54, 1.807) is 7.11 Å². The van der Waals surface area contributed by atoms with Gasteiger partial charge in [-0.3, -0.25) is 4.99 Å². The minimum absolute atomic E-state index is 0.0760. The molecule has 2 N–H and O–H groups in total. The van der Waals surface area contributed by atoms with Gasteiger partial charge in [-0.15, -0.1) is 0 Å². The highest BCUT2D eigenvalue weighted by Gasteiger charge is 2.40. The lowest BCUT2D eigenvalue weighted by atomic mass is 9.92. The van der Waals surface area contributed by atoms with E-state index in [1.165, 1.54) is 18.4 Å². The summed E-state index contributed by atoms with van der Waals surface area (Å²) in [5, 5.41) is 0. The third kappa shape index (κ3) is 3.14. The van der Waals surface area contributed by atoms with Crippen LogP contribution in [-0.4, -0.2) is 36.6 Å². The maximum Gasteiger partial charge on any atom is 0.191 e. The van der Waals surface area contributed by atoms with Crippen LogP contribution >= 0.6 is 0 Å². The van der Waals surface area contributed by atoms with Crippen LogP contribution in [0.25, 0.3) is 0 Å². The Labute approximate surface area is 127 Å². The van der Waals surface area contributed by atoms with Gasteiger partial charge in [0.25, 0.3) is 0 Å². The number of aryl methyl sites for hydroxylation is 1. The van der Waals surface area contributed by atoms with E-state index < -0.39 is 0 Å². The molecule has 1 unspecified atom stereocenters. The minimum Gasteiger partial charge on any atom is -0.497 e. The normalized spacial score (nSPS) is 25.0. The van der Waals surface area contributed by atoms with E-state index in [-0.39, 0.29) is 5.54 Å². The Kier molecular flexibility index (Phi) is 3.79. The second kappa shape index (κ2) is 5.58. The van der Waals surface area contributed by atoms with E-state index in [2.05, 4.69) is 28.9 Å². The van der Waals surface area contributed by atoms with Crippen molar-refractivity contribution in [1.29, 1.82) is 0 Å². The number of guanidine groups is 1. The van der Waals surface area contributed by atoms with Crippen LogP contribution < -0.4 is 10.5 Å². The first-order valence-corrected chi connectivity index (χ1v) is 7.81. The number of benzene rings is 1. The molecule has 1 aromatic carbocycles. The third-order valence-electron chi connectivity index (χ3n) is 4.76. The lowest BCUT2D eigenvalue weighted by Crippen LogP contribution is -2.50. The summed E-state index contributed by atoms with van der Waals surface area (Å²) in [5.74, 6) is 2.48. The van der Waals surface area contributed by atoms with Crippen molar-refractivity contribution in [3.05, 3.63) is 29.8 Å². The largest absolute Gasteiger partial charge is 0.497 e. The van der Waals surface area contributed by atoms with Gasteiger partial charge in [0.05, 0.1) is 19.2 Å². The molecule has 0 bridgehead atoms. The van der Waals surface area contributed by atoms with Crippen molar-refractivity contribution < 1.29 is 4.74 Å². The molecule has 21 heavy (non-hydrogen) atoms. The molecule has 1 heterocycles. The van der Waals surface area contributed by atoms with E-state index in [4.69, 9.17) is 10.5 Å². The molecule has 0 radical (unpaired) electrons. The van der Waals surface area contributed by atoms with Crippen LogP contribution in [0.3, 0.4) is 0 Å². The first kappa shape index (κ1) is 14.2. The number of hydrogen-bond acceptors (Lipinski definition) is 4. The fraction of sp³-hybridized carbons (Fsp3) is 0.588. The highest BCUT2D eigenvalue weighted by Crippen LogP contribution is 2.35. The Balaban J connectivity index is 1.62. The standard InChI is InChI=1S/C17H25N3O/c1-17(10-9-13-5-7-15(21-2)8-6-13)12-19-16(18)20(17)11-14-3-4-14/h5-8,14H,3-4,9-12H2,1-2H3,(H2,18,19). The van der Waals surface area contributed by atoms with Crippen LogP contribution in [0.4, 0.5) is 0 Å². The Hall–Kier alpha value is -1.71. The Morgan fingerprint density at radius 3 is 2.67 bits per heavy atom. The van der Waals surface area contributed by atoms with Gasteiger partial charge in [0.15, 0.2) is 5.96 Å². The molecule has 0 saturated heterocycles. The second-order valence-corrected chi connectivity index (χ2v) is 6.57. The number of ether oxygens (including phenoxy) is 1. The molecule has 4 heteroatoms. The third-order valence-corrected chi connectivity index (χ3v) is 4.76. The molecule has 3 rings (SSSR count). The molecule has 0 aromatic heterocycles. The summed E-state index contributed by atoms with van der Waals surface area (Å²) >= 11 is 0. The summed E-state index contributed by atoms with van der Waals surface area (Å²) in [7, 11) is 1.70. The van der Waals surface area contributed by atoms with Crippen molar-refractivity contribution in [1.82, 2.24) is 4.90 Å². The number of nitrogens with zero attached hydrogens (tertiary/aromatic N) is 2. The van der Waals surface area contributed by atoms with Crippen LogP contribution in [-0.2, 0) is 6.42 Å². The lowest BCUT2D eigenvalue weighted by molar-refractivity contribution is 0.201. The Bertz CT molecular complexity index is 521. The van der Waals surface area contributed by atoms with Crippen molar-refractivity contribution in [3.8, 4) is 5.75 Å². The van der Waals surface area contributed by atoms with Gasteiger partial charge in [-0.25, -0.2) is 0 Å². The first-order valence-electron chi connectivity index (χ1n) is 7.81. The molecule has 4 nitrogen and oxygen atoms in total. The van der Waals surface area contributed by atoms with E-state index in [1.807, 2.05) is 12.1 Å². The summed E-state index contributed by atoms with van der Waals surface area (Å²) in [6.45, 7) is 4.19. The summed E-state index contributed by atoms with van der Waals surface area (Å²) in [5.41, 5.74) is 7.51. The van der Waals surface area contributed by atoms with Gasteiger partial charge in [-0.2, -0.15) is 0 Å². The average molecular weight is 287 g/mol. The van der Waals surface area contributed by atoms with Gasteiger partial charge in [-0.05, 0) is 56.2 Å². The van der Waals surface area contributed by atoms with Crippen LogP contribution in [0.5, 0.6) is 5.75 Å². The van der Waals surface area contributed by atoms with Gasteiger partial charge in [0, 0.05) is 6.54 Å². The van der Waals surface area contributed by atoms with E-state index in [0.717, 1.165) is 43.6 Å². The summed E-state index contributed by atoms with van der Waals surface area (Å²) in [4.78, 5) is 6.83. The minimum atomic E-state index is 0.0760. The van der Waals surface area contributed by atoms with E-state index in [9.17, 15) is 0 Å². The smallest absolute Gasteiger partial charge is 0.191 e. The predicted octanol–water partition coefficient (Wildman–Crippen LogP) is 2.43. The molecule has 1 aliphatic carbocycles. The quantitative estimate of drug-likeness (QED) is 0.874. The summed E-state index contributed by atoms with van der Waals surface area (Å²) in [6.07, 6.45) is 4.82. The number of nitrogens with two attached hydrogens (primary N) is 1. The van der Waals surface area contributed by atoms with Crippen molar-refractivity contribution in [2.24, 2.45) is 16.6 Å². The average Bonchev–Trinajstić information content (AvgIpc) is 3.28. The summed E-state index contributed by atoms with van der Waals surface area (Å²) in [6, 6.07) is 8.34. The van der Waals surface area contributed by atoms with Gasteiger partial charge >= 0.3 is 0 Å². The van der Waals surface area contributed by atoms with Crippen LogP contribution in [0.2, 0.25) is 0 Å². The van der Waals surface area contributed by atoms with Crippen molar-refractivity contribution >= 4 is 5.96 Å². The summed E-state index contributed by atoms with van der Waals surface area (Å²) < 4.78 is 5.21. The van der Waals surface area contributed by atoms with Crippen LogP contribution in [0.1, 0.15) is 31.7 Å². The highest BCUT2D eigenvalue weighted by atomic mass is 16.5. The van der Waals surface area contributed by atoms with E-state index in [0.29, 0.717) is 0 Å². The predicted molar refractivity (Wildman–Crippen MR) is 85.6 cm³/mol. The molecule has 1 atom stereocenters. The molecule has 0 spiro atoms. The first-order chi connectivity index (χ1) is 10.1. The molecule has 0 amide bonds. The Morgan fingerprint density at radius 1 is 1.33 bits per heavy atom. The van der Waals surface area contributed by atoms with Gasteiger partial charge in [-0.1, -0.05) is 12.1 Å². The molecule has 2 aliphatic rings. The monoisotopic (exact) mass is 287 g/mol. The molecule has 114 valence electrons. The number of hydrogen-bond donors (Lipinski definition) is 1. The number of rotatable bonds is 6. The number of methoxy groups -OCH3 is 1. The lowest BCUT2D eigenvalue weighted by Gasteiger charge is -2.36. The zero-order valence-corrected chi connectivity index (χ0v) is 13.0. The number of aliphatic imine (C=N–C) groups is 1. The van der Waals surface area contributed by atoms with Crippen molar-refractivity contribution in [2.75, 3.05) is 20.2 Å². The van der Waals surface area contributed by atoms with Crippen LogP contribution in [0, 0.1) is 5.92 Å². The fourth-order valence-corrected chi connectivity index (χ4v) is 2.99. The van der Waals surface area contributed by atoms with Gasteiger partial charge in [0.1, 0.15) is 5.75 Å². The maximum absolute atomic E-state index is 6.10. The molecule has 1 fully saturated rings. The Morgan fingerprint density at radius 2 is 2.05 bits per heavy atom. The highest BCUT2D eigenvalue weighted by molar-refractivity contribution is 5.81. The molecule has 1 saturated carbocycles. The van der Waals surface area contributed by atoms with Gasteiger partial charge in [0.2, 0.25) is 0 Å². The topological polar surface area (TPSA) is 50.9 Å². The molecule has 1 aliphatic heterocycles. The maximum atomic E-state index is 6.10. The zero-order valence-electron chi connectivity index (χ0n) is 13.0. The molecule has 1 aromatic rings. The van der Waals surface area contributed by atoms with E-state index >= 15 is 0 Å². The second-order valence-electron chi connectivity index (χ2n) is 6.57. The fourth-order valence-electron chi connectivity index (χ4n) is 2.99. The van der Waals surface area contributed by atoms with Crippen LogP contribution in [0.15, 0.2) is 29.3 Å². The van der Waals surface area contributed by atoms with Crippen molar-refractivity contribution in [3.63, 3.8) is 0 Å². The van der Waals surface area contributed by atoms with Gasteiger partial charge < -0.3 is 15.4 Å². The SMILES string of the molecule is COc1ccc(CCC2(C)CN=C(N)N2CC2CC2)cc1. The zero-order chi connectivity index (χ0) is 14.9. The van der Waals surface area contributed by atoms with Crippen molar-refractivity contribution in [2.45, 2.75) is 38.1 Å². The molecular weight excluding hydrogens is 262 g/mol.